The van der Waals surface area contributed by atoms with Gasteiger partial charge in [0.1, 0.15) is 18.3 Å². The van der Waals surface area contributed by atoms with Crippen LogP contribution in [0.4, 0.5) is 5.95 Å². The minimum absolute atomic E-state index is 0.204. The number of anilines is 1. The molecule has 2 aromatic rings. The molecule has 1 fully saturated rings. The number of H-pyrrole nitrogens is 1. The van der Waals surface area contributed by atoms with Crippen molar-refractivity contribution in [3.05, 3.63) is 16.7 Å². The van der Waals surface area contributed by atoms with Crippen LogP contribution in [0.1, 0.15) is 20.1 Å². The highest BCUT2D eigenvalue weighted by Crippen LogP contribution is 2.37. The number of fused-ring (bicyclic) bond motifs is 1. The maximum absolute atomic E-state index is 12.5. The Bertz CT molecular complexity index is 985. The molecule has 0 unspecified atom stereocenters. The molecule has 6 N–H and O–H groups in total. The Labute approximate surface area is 165 Å². The average molecular weight is 434 g/mol. The van der Waals surface area contributed by atoms with Gasteiger partial charge in [-0.15, -0.1) is 0 Å². The van der Waals surface area contributed by atoms with Crippen LogP contribution in [0, 0.1) is 5.92 Å². The zero-order valence-electron chi connectivity index (χ0n) is 16.1. The number of hydrogen-bond acceptors (Lipinski definition) is 8. The Kier molecular flexibility index (Phi) is 6.11. The van der Waals surface area contributed by atoms with Crippen LogP contribution >= 0.6 is 7.82 Å². The zero-order chi connectivity index (χ0) is 21.5. The molecular weight excluding hydrogens is 409 g/mol. The molecular formula is C15H25N5O8P+. The van der Waals surface area contributed by atoms with E-state index in [1.807, 2.05) is 13.8 Å². The Balaban J connectivity index is 1.94. The summed E-state index contributed by atoms with van der Waals surface area (Å²) < 4.78 is 23.7. The SMILES string of the molecule is CC(C)CNc1nc2c(c(=O)[nH]1)n(C)c[n+]2[C@@H]1O[C@H](COP(=O)(O)O)[C@@H](O)[C@H]1O. The van der Waals surface area contributed by atoms with Crippen molar-refractivity contribution in [3.8, 4) is 0 Å². The van der Waals surface area contributed by atoms with Gasteiger partial charge in [-0.2, -0.15) is 0 Å². The third-order valence-corrected chi connectivity index (χ3v) is 4.95. The van der Waals surface area contributed by atoms with Gasteiger partial charge < -0.3 is 30.1 Å². The first-order chi connectivity index (χ1) is 13.5. The van der Waals surface area contributed by atoms with Gasteiger partial charge in [-0.3, -0.25) is 18.9 Å². The Morgan fingerprint density at radius 2 is 2.10 bits per heavy atom. The summed E-state index contributed by atoms with van der Waals surface area (Å²) in [6, 6.07) is 0. The van der Waals surface area contributed by atoms with E-state index in [0.717, 1.165) is 0 Å². The fourth-order valence-corrected chi connectivity index (χ4v) is 3.43. The van der Waals surface area contributed by atoms with Crippen LogP contribution in [0.3, 0.4) is 0 Å². The monoisotopic (exact) mass is 434 g/mol. The van der Waals surface area contributed by atoms with E-state index in [9.17, 15) is 19.6 Å². The van der Waals surface area contributed by atoms with Gasteiger partial charge in [0.25, 0.3) is 11.5 Å². The van der Waals surface area contributed by atoms with Crippen LogP contribution in [0.2, 0.25) is 0 Å². The first kappa shape index (κ1) is 21.8. The fourth-order valence-electron chi connectivity index (χ4n) is 3.09. The van der Waals surface area contributed by atoms with E-state index in [0.29, 0.717) is 12.5 Å². The second-order valence-electron chi connectivity index (χ2n) is 7.33. The molecule has 162 valence electrons. The van der Waals surface area contributed by atoms with Gasteiger partial charge in [-0.05, 0) is 5.92 Å². The molecule has 1 saturated heterocycles. The molecule has 0 spiro atoms. The van der Waals surface area contributed by atoms with Crippen LogP contribution in [0.15, 0.2) is 11.1 Å². The number of phosphoric acid groups is 1. The molecule has 0 aliphatic carbocycles. The summed E-state index contributed by atoms with van der Waals surface area (Å²) in [6.07, 6.45) is -3.76. The fraction of sp³-hybridized carbons (Fsp3) is 0.667. The van der Waals surface area contributed by atoms with Gasteiger partial charge in [-0.1, -0.05) is 18.8 Å². The number of aliphatic hydroxyl groups is 2. The number of aryl methyl sites for hydroxylation is 1. The van der Waals surface area contributed by atoms with Crippen molar-refractivity contribution >= 4 is 24.9 Å². The molecule has 14 heteroatoms. The van der Waals surface area contributed by atoms with Crippen LogP contribution in [-0.4, -0.2) is 66.0 Å². The molecule has 3 rings (SSSR count). The summed E-state index contributed by atoms with van der Waals surface area (Å²) in [7, 11) is -3.16. The van der Waals surface area contributed by atoms with Crippen molar-refractivity contribution in [3.63, 3.8) is 0 Å². The van der Waals surface area contributed by atoms with E-state index in [1.165, 1.54) is 15.5 Å². The van der Waals surface area contributed by atoms with Crippen molar-refractivity contribution in [1.29, 1.82) is 0 Å². The number of nitrogens with zero attached hydrogens (tertiary/aromatic N) is 3. The molecule has 0 aromatic carbocycles. The molecule has 0 bridgehead atoms. The number of aromatic amines is 1. The number of nitrogens with one attached hydrogen (secondary N) is 2. The highest BCUT2D eigenvalue weighted by Gasteiger charge is 2.47. The quantitative estimate of drug-likeness (QED) is 0.218. The molecule has 1 aliphatic heterocycles. The highest BCUT2D eigenvalue weighted by atomic mass is 31.2. The zero-order valence-corrected chi connectivity index (χ0v) is 17.0. The van der Waals surface area contributed by atoms with Crippen LogP contribution in [-0.2, 0) is 20.9 Å². The van der Waals surface area contributed by atoms with E-state index in [-0.39, 0.29) is 17.1 Å². The van der Waals surface area contributed by atoms with E-state index in [4.69, 9.17) is 14.5 Å². The summed E-state index contributed by atoms with van der Waals surface area (Å²) in [6.45, 7) is 3.94. The van der Waals surface area contributed by atoms with Crippen molar-refractivity contribution in [2.24, 2.45) is 13.0 Å². The predicted octanol–water partition coefficient (Wildman–Crippen LogP) is -1.65. The molecule has 0 amide bonds. The van der Waals surface area contributed by atoms with E-state index >= 15 is 0 Å². The number of hydrogen-bond donors (Lipinski definition) is 6. The van der Waals surface area contributed by atoms with Gasteiger partial charge in [0.15, 0.2) is 6.33 Å². The standard InChI is InChI=1S/C15H24N5O8P/c1-7(2)4-16-15-17-12-9(13(23)18-15)19(3)6-20(12)14-11(22)10(21)8(28-14)5-27-29(24,25)26/h6-8,10-11,14,21-22H,4-5H2,1-3H3,(H3-,16,17,18,23,24,25,26)/p+1/t8-,10-,11-,14-/m1/s1. The molecule has 1 aliphatic rings. The molecule has 2 aromatic heterocycles. The van der Waals surface area contributed by atoms with Gasteiger partial charge in [0.05, 0.1) is 13.7 Å². The Hall–Kier alpha value is -1.86. The van der Waals surface area contributed by atoms with Gasteiger partial charge in [0.2, 0.25) is 11.7 Å². The van der Waals surface area contributed by atoms with Crippen LogP contribution in [0.5, 0.6) is 0 Å². The van der Waals surface area contributed by atoms with Gasteiger partial charge >= 0.3 is 13.5 Å². The number of aromatic nitrogens is 4. The van der Waals surface area contributed by atoms with Crippen molar-refractivity contribution < 1.29 is 38.4 Å². The highest BCUT2D eigenvalue weighted by molar-refractivity contribution is 7.46. The molecule has 0 radical (unpaired) electrons. The summed E-state index contributed by atoms with van der Waals surface area (Å²) in [5, 5.41) is 23.6. The summed E-state index contributed by atoms with van der Waals surface area (Å²) >= 11 is 0. The van der Waals surface area contributed by atoms with Crippen molar-refractivity contribution in [2.45, 2.75) is 38.4 Å². The lowest BCUT2D eigenvalue weighted by Gasteiger charge is -2.14. The molecule has 3 heterocycles. The number of aliphatic hydroxyl groups excluding tert-OH is 2. The van der Waals surface area contributed by atoms with Crippen molar-refractivity contribution in [2.75, 3.05) is 18.5 Å². The lowest BCUT2D eigenvalue weighted by Crippen LogP contribution is -2.46. The predicted molar refractivity (Wildman–Crippen MR) is 98.8 cm³/mol. The maximum atomic E-state index is 12.5. The number of rotatable bonds is 7. The molecule has 13 nitrogen and oxygen atoms in total. The molecule has 0 saturated carbocycles. The number of imidazole rings is 1. The molecule has 29 heavy (non-hydrogen) atoms. The second-order valence-corrected chi connectivity index (χ2v) is 8.57. The normalized spacial score (nSPS) is 25.2. The number of ether oxygens (including phenoxy) is 1. The molecule has 4 atom stereocenters. The minimum Gasteiger partial charge on any atom is -0.387 e. The van der Waals surface area contributed by atoms with Crippen LogP contribution in [0.25, 0.3) is 11.2 Å². The average Bonchev–Trinajstić information content (AvgIpc) is 3.08. The van der Waals surface area contributed by atoms with E-state index < -0.39 is 44.5 Å². The van der Waals surface area contributed by atoms with Gasteiger partial charge in [0, 0.05) is 6.54 Å². The summed E-state index contributed by atoms with van der Waals surface area (Å²) in [4.78, 5) is 37.2. The van der Waals surface area contributed by atoms with E-state index in [2.05, 4.69) is 19.8 Å². The summed E-state index contributed by atoms with van der Waals surface area (Å²) in [5.74, 6) is 0.550. The van der Waals surface area contributed by atoms with Crippen LogP contribution < -0.4 is 15.4 Å². The topological polar surface area (TPSA) is 183 Å². The first-order valence-electron chi connectivity index (χ1n) is 8.94. The lowest BCUT2D eigenvalue weighted by molar-refractivity contribution is -0.745. The maximum Gasteiger partial charge on any atom is 0.469 e. The third-order valence-electron chi connectivity index (χ3n) is 4.47. The second kappa shape index (κ2) is 8.11. The van der Waals surface area contributed by atoms with E-state index in [1.54, 1.807) is 7.05 Å². The lowest BCUT2D eigenvalue weighted by atomic mass is 10.1. The van der Waals surface area contributed by atoms with Gasteiger partial charge in [-0.25, -0.2) is 9.13 Å². The third kappa shape index (κ3) is 4.67. The number of phosphoric ester groups is 1. The smallest absolute Gasteiger partial charge is 0.387 e. The summed E-state index contributed by atoms with van der Waals surface area (Å²) in [5.41, 5.74) is 0.0209. The Morgan fingerprint density at radius 3 is 2.72 bits per heavy atom. The largest absolute Gasteiger partial charge is 0.469 e. The first-order valence-corrected chi connectivity index (χ1v) is 10.5. The minimum atomic E-state index is -4.77. The Morgan fingerprint density at radius 1 is 1.41 bits per heavy atom. The van der Waals surface area contributed by atoms with Crippen molar-refractivity contribution in [1.82, 2.24) is 14.5 Å².